The standard InChI is InChI=1S/C23H28Cl2N2O2/c1-15-8-6-7-9-18(15)14-27(16(2)22(29)26-23(3,4)5)21(28)13-17-10-11-19(24)20(25)12-17/h6-12,16H,13-14H2,1-5H3,(H,26,29)/t16-/m0/s1. The Kier molecular flexibility index (Phi) is 7.73. The van der Waals surface area contributed by atoms with Gasteiger partial charge in [-0.1, -0.05) is 53.5 Å². The summed E-state index contributed by atoms with van der Waals surface area (Å²) in [6.07, 6.45) is 0.135. The van der Waals surface area contributed by atoms with Crippen LogP contribution in [-0.2, 0) is 22.6 Å². The summed E-state index contributed by atoms with van der Waals surface area (Å²) in [5.41, 5.74) is 2.45. The molecule has 0 aliphatic heterocycles. The van der Waals surface area contributed by atoms with Crippen LogP contribution in [0.2, 0.25) is 10.0 Å². The second-order valence-corrected chi connectivity index (χ2v) is 9.10. The average Bonchev–Trinajstić information content (AvgIpc) is 2.62. The molecule has 0 aromatic heterocycles. The molecule has 2 amide bonds. The molecule has 0 heterocycles. The fourth-order valence-electron chi connectivity index (χ4n) is 2.95. The maximum Gasteiger partial charge on any atom is 0.242 e. The van der Waals surface area contributed by atoms with E-state index in [9.17, 15) is 9.59 Å². The Labute approximate surface area is 183 Å². The number of rotatable bonds is 6. The summed E-state index contributed by atoms with van der Waals surface area (Å²) in [5.74, 6) is -0.336. The summed E-state index contributed by atoms with van der Waals surface area (Å²) >= 11 is 12.1. The molecular weight excluding hydrogens is 407 g/mol. The first-order valence-electron chi connectivity index (χ1n) is 9.58. The number of halogens is 2. The number of amides is 2. The van der Waals surface area contributed by atoms with Gasteiger partial charge in [0.05, 0.1) is 16.5 Å². The molecule has 2 aromatic rings. The number of carbonyl (C=O) groups is 2. The molecular formula is C23H28Cl2N2O2. The van der Waals surface area contributed by atoms with Gasteiger partial charge in [-0.25, -0.2) is 0 Å². The molecule has 0 bridgehead atoms. The third kappa shape index (κ3) is 6.76. The second-order valence-electron chi connectivity index (χ2n) is 8.29. The molecule has 0 aliphatic carbocycles. The van der Waals surface area contributed by atoms with E-state index in [1.165, 1.54) is 0 Å². The number of hydrogen-bond acceptors (Lipinski definition) is 2. The Bertz CT molecular complexity index is 891. The lowest BCUT2D eigenvalue weighted by Gasteiger charge is -2.32. The third-order valence-corrected chi connectivity index (χ3v) is 5.35. The minimum Gasteiger partial charge on any atom is -0.350 e. The van der Waals surface area contributed by atoms with Gasteiger partial charge in [-0.15, -0.1) is 0 Å². The highest BCUT2D eigenvalue weighted by atomic mass is 35.5. The zero-order chi connectivity index (χ0) is 21.8. The minimum atomic E-state index is -0.621. The van der Waals surface area contributed by atoms with Gasteiger partial charge in [0.1, 0.15) is 6.04 Å². The van der Waals surface area contributed by atoms with Crippen molar-refractivity contribution in [2.75, 3.05) is 0 Å². The number of hydrogen-bond donors (Lipinski definition) is 1. The highest BCUT2D eigenvalue weighted by Crippen LogP contribution is 2.23. The zero-order valence-corrected chi connectivity index (χ0v) is 19.1. The van der Waals surface area contributed by atoms with Crippen LogP contribution in [-0.4, -0.2) is 28.3 Å². The van der Waals surface area contributed by atoms with Crippen LogP contribution in [0, 0.1) is 6.92 Å². The molecule has 2 rings (SSSR count). The smallest absolute Gasteiger partial charge is 0.242 e. The molecule has 0 saturated carbocycles. The first-order chi connectivity index (χ1) is 13.5. The lowest BCUT2D eigenvalue weighted by atomic mass is 10.0. The van der Waals surface area contributed by atoms with Gasteiger partial charge >= 0.3 is 0 Å². The number of benzene rings is 2. The average molecular weight is 435 g/mol. The van der Waals surface area contributed by atoms with Crippen LogP contribution in [0.3, 0.4) is 0 Å². The molecule has 0 radical (unpaired) electrons. The Morgan fingerprint density at radius 3 is 2.31 bits per heavy atom. The molecule has 0 unspecified atom stereocenters. The molecule has 0 saturated heterocycles. The normalized spacial score (nSPS) is 12.4. The zero-order valence-electron chi connectivity index (χ0n) is 17.6. The molecule has 156 valence electrons. The van der Waals surface area contributed by atoms with Crippen LogP contribution in [0.25, 0.3) is 0 Å². The topological polar surface area (TPSA) is 49.4 Å². The van der Waals surface area contributed by atoms with E-state index >= 15 is 0 Å². The predicted octanol–water partition coefficient (Wildman–Crippen LogP) is 5.18. The van der Waals surface area contributed by atoms with E-state index < -0.39 is 6.04 Å². The molecule has 0 fully saturated rings. The van der Waals surface area contributed by atoms with Crippen molar-refractivity contribution in [3.05, 3.63) is 69.2 Å². The number of carbonyl (C=O) groups excluding carboxylic acids is 2. The van der Waals surface area contributed by atoms with E-state index in [2.05, 4.69) is 5.32 Å². The van der Waals surface area contributed by atoms with Crippen molar-refractivity contribution in [2.24, 2.45) is 0 Å². The quantitative estimate of drug-likeness (QED) is 0.680. The largest absolute Gasteiger partial charge is 0.350 e. The first-order valence-corrected chi connectivity index (χ1v) is 10.3. The fraction of sp³-hybridized carbons (Fsp3) is 0.391. The Morgan fingerprint density at radius 1 is 1.07 bits per heavy atom. The summed E-state index contributed by atoms with van der Waals surface area (Å²) in [6, 6.07) is 12.4. The van der Waals surface area contributed by atoms with E-state index in [4.69, 9.17) is 23.2 Å². The fourth-order valence-corrected chi connectivity index (χ4v) is 3.27. The maximum absolute atomic E-state index is 13.2. The van der Waals surface area contributed by atoms with E-state index in [0.29, 0.717) is 16.6 Å². The van der Waals surface area contributed by atoms with Crippen molar-refractivity contribution in [3.8, 4) is 0 Å². The molecule has 0 aliphatic rings. The summed E-state index contributed by atoms with van der Waals surface area (Å²) < 4.78 is 0. The van der Waals surface area contributed by atoms with Gasteiger partial charge in [0.2, 0.25) is 11.8 Å². The predicted molar refractivity (Wildman–Crippen MR) is 119 cm³/mol. The number of nitrogens with one attached hydrogen (secondary N) is 1. The van der Waals surface area contributed by atoms with Crippen molar-refractivity contribution in [2.45, 2.75) is 59.2 Å². The van der Waals surface area contributed by atoms with Crippen LogP contribution in [0.4, 0.5) is 0 Å². The van der Waals surface area contributed by atoms with Crippen LogP contribution >= 0.6 is 23.2 Å². The molecule has 1 atom stereocenters. The van der Waals surface area contributed by atoms with Gasteiger partial charge in [0, 0.05) is 12.1 Å². The van der Waals surface area contributed by atoms with Crippen LogP contribution in [0.1, 0.15) is 44.4 Å². The SMILES string of the molecule is Cc1ccccc1CN(C(=O)Cc1ccc(Cl)c(Cl)c1)[C@@H](C)C(=O)NC(C)(C)C. The monoisotopic (exact) mass is 434 g/mol. The summed E-state index contributed by atoms with van der Waals surface area (Å²) in [5, 5.41) is 3.81. The van der Waals surface area contributed by atoms with E-state index in [1.54, 1.807) is 30.0 Å². The number of nitrogens with zero attached hydrogens (tertiary/aromatic N) is 1. The van der Waals surface area contributed by atoms with Crippen molar-refractivity contribution in [1.29, 1.82) is 0 Å². The van der Waals surface area contributed by atoms with Crippen LogP contribution in [0.5, 0.6) is 0 Å². The van der Waals surface area contributed by atoms with Gasteiger partial charge in [0.25, 0.3) is 0 Å². The van der Waals surface area contributed by atoms with Crippen LogP contribution < -0.4 is 5.32 Å². The van der Waals surface area contributed by atoms with Gasteiger partial charge in [0.15, 0.2) is 0 Å². The van der Waals surface area contributed by atoms with E-state index in [1.807, 2.05) is 52.0 Å². The van der Waals surface area contributed by atoms with Gasteiger partial charge in [-0.05, 0) is 63.4 Å². The maximum atomic E-state index is 13.2. The molecule has 29 heavy (non-hydrogen) atoms. The highest BCUT2D eigenvalue weighted by molar-refractivity contribution is 6.42. The second kappa shape index (κ2) is 9.64. The van der Waals surface area contributed by atoms with E-state index in [0.717, 1.165) is 16.7 Å². The summed E-state index contributed by atoms with van der Waals surface area (Å²) in [6.45, 7) is 9.86. The van der Waals surface area contributed by atoms with Crippen molar-refractivity contribution in [1.82, 2.24) is 10.2 Å². The van der Waals surface area contributed by atoms with Crippen molar-refractivity contribution >= 4 is 35.0 Å². The number of aryl methyl sites for hydroxylation is 1. The Morgan fingerprint density at radius 2 is 1.72 bits per heavy atom. The molecule has 0 spiro atoms. The van der Waals surface area contributed by atoms with Gasteiger partial charge in [-0.3, -0.25) is 9.59 Å². The minimum absolute atomic E-state index is 0.135. The van der Waals surface area contributed by atoms with Gasteiger partial charge < -0.3 is 10.2 Å². The molecule has 4 nitrogen and oxygen atoms in total. The Hall–Kier alpha value is -2.04. The molecule has 6 heteroatoms. The highest BCUT2D eigenvalue weighted by Gasteiger charge is 2.28. The van der Waals surface area contributed by atoms with Gasteiger partial charge in [-0.2, -0.15) is 0 Å². The Balaban J connectivity index is 2.29. The lowest BCUT2D eigenvalue weighted by Crippen LogP contribution is -2.52. The molecule has 2 aromatic carbocycles. The first kappa shape index (κ1) is 23.2. The van der Waals surface area contributed by atoms with Crippen molar-refractivity contribution in [3.63, 3.8) is 0 Å². The van der Waals surface area contributed by atoms with E-state index in [-0.39, 0.29) is 23.8 Å². The lowest BCUT2D eigenvalue weighted by molar-refractivity contribution is -0.140. The molecule has 1 N–H and O–H groups in total. The summed E-state index contributed by atoms with van der Waals surface area (Å²) in [7, 11) is 0. The van der Waals surface area contributed by atoms with Crippen LogP contribution in [0.15, 0.2) is 42.5 Å². The van der Waals surface area contributed by atoms with Crippen molar-refractivity contribution < 1.29 is 9.59 Å². The third-order valence-electron chi connectivity index (χ3n) is 4.61. The summed E-state index contributed by atoms with van der Waals surface area (Å²) in [4.78, 5) is 27.6.